The second kappa shape index (κ2) is 8.29. The summed E-state index contributed by atoms with van der Waals surface area (Å²) < 4.78 is 7.84. The van der Waals surface area contributed by atoms with Crippen LogP contribution in [0.15, 0.2) is 51.1 Å². The van der Waals surface area contributed by atoms with Crippen molar-refractivity contribution in [3.8, 4) is 11.6 Å². The van der Waals surface area contributed by atoms with E-state index >= 15 is 0 Å². The van der Waals surface area contributed by atoms with E-state index in [0.29, 0.717) is 22.0 Å². The number of rotatable bonds is 5. The second-order valence-corrected chi connectivity index (χ2v) is 7.29. The molecule has 0 aliphatic rings. The molecule has 2 aromatic carbocycles. The lowest BCUT2D eigenvalue weighted by Crippen LogP contribution is -2.08. The minimum atomic E-state index is -0.627. The second-order valence-electron chi connectivity index (χ2n) is 5.54. The van der Waals surface area contributed by atoms with Crippen LogP contribution in [-0.2, 0) is 11.3 Å². The van der Waals surface area contributed by atoms with Gasteiger partial charge in [-0.2, -0.15) is 0 Å². The Labute approximate surface area is 173 Å². The maximum Gasteiger partial charge on any atom is 0.302 e. The number of ether oxygens (including phenoxy) is 1. The number of aryl methyl sites for hydroxylation is 1. The van der Waals surface area contributed by atoms with Gasteiger partial charge in [-0.15, -0.1) is 10.2 Å². The Bertz CT molecular complexity index is 1050. The van der Waals surface area contributed by atoms with Crippen molar-refractivity contribution in [3.05, 3.63) is 50.9 Å². The van der Waals surface area contributed by atoms with E-state index in [1.165, 1.54) is 6.07 Å². The fourth-order valence-electron chi connectivity index (χ4n) is 2.58. The number of fused-ring (bicyclic) bond motifs is 1. The first-order valence-corrected chi connectivity index (χ1v) is 9.48. The van der Waals surface area contributed by atoms with Crippen LogP contribution in [0.3, 0.4) is 0 Å². The Morgan fingerprint density at radius 1 is 1.26 bits per heavy atom. The van der Waals surface area contributed by atoms with Crippen molar-refractivity contribution in [1.29, 1.82) is 0 Å². The molecule has 0 atom stereocenters. The van der Waals surface area contributed by atoms with Gasteiger partial charge in [0.05, 0.1) is 10.5 Å². The summed E-state index contributed by atoms with van der Waals surface area (Å²) in [6.45, 7) is 2.08. The van der Waals surface area contributed by atoms with Gasteiger partial charge in [-0.05, 0) is 37.3 Å². The molecule has 9 heteroatoms. The molecule has 0 spiro atoms. The summed E-state index contributed by atoms with van der Waals surface area (Å²) in [5, 5.41) is 19.4. The van der Waals surface area contributed by atoms with Gasteiger partial charge < -0.3 is 14.4 Å². The molecule has 0 fully saturated rings. The molecular formula is C18H14BrCl2N3O3. The molecule has 0 saturated heterocycles. The summed E-state index contributed by atoms with van der Waals surface area (Å²) in [6.07, 6.45) is 0. The number of hydrogen-bond acceptors (Lipinski definition) is 4. The lowest BCUT2D eigenvalue weighted by molar-refractivity contribution is -0.120. The lowest BCUT2D eigenvalue weighted by atomic mass is 10.2. The monoisotopic (exact) mass is 469 g/mol. The molecule has 3 rings (SSSR count). The molecule has 0 aliphatic heterocycles. The number of aromatic nitrogens is 1. The fourth-order valence-corrected chi connectivity index (χ4v) is 3.27. The molecule has 1 N–H and O–H groups in total. The van der Waals surface area contributed by atoms with Gasteiger partial charge in [0.2, 0.25) is 5.88 Å². The Kier molecular flexibility index (Phi) is 6.04. The van der Waals surface area contributed by atoms with Crippen LogP contribution in [0.1, 0.15) is 6.92 Å². The van der Waals surface area contributed by atoms with Crippen LogP contribution in [-0.4, -0.2) is 22.2 Å². The Balaban J connectivity index is 1.81. The van der Waals surface area contributed by atoms with Gasteiger partial charge in [0.25, 0.3) is 0 Å². The highest BCUT2D eigenvalue weighted by Gasteiger charge is 2.16. The molecule has 0 saturated carbocycles. The SMILES string of the molecule is CCn1c(O)c(N=NC(=O)COc2cc(Cl)ccc2Cl)c2cc(Br)ccc21. The average molecular weight is 471 g/mol. The number of carbonyl (C=O) groups is 1. The summed E-state index contributed by atoms with van der Waals surface area (Å²) >= 11 is 15.3. The van der Waals surface area contributed by atoms with Crippen molar-refractivity contribution in [3.63, 3.8) is 0 Å². The number of halogens is 3. The van der Waals surface area contributed by atoms with E-state index in [4.69, 9.17) is 27.9 Å². The van der Waals surface area contributed by atoms with Crippen LogP contribution in [0.5, 0.6) is 11.6 Å². The van der Waals surface area contributed by atoms with Crippen molar-refractivity contribution < 1.29 is 14.6 Å². The molecule has 6 nitrogen and oxygen atoms in total. The van der Waals surface area contributed by atoms with E-state index in [2.05, 4.69) is 26.2 Å². The summed E-state index contributed by atoms with van der Waals surface area (Å²) in [7, 11) is 0. The third-order valence-corrected chi connectivity index (χ3v) is 4.83. The molecule has 0 bridgehead atoms. The Hall–Kier alpha value is -2.09. The van der Waals surface area contributed by atoms with Crippen molar-refractivity contribution in [2.24, 2.45) is 10.2 Å². The molecule has 140 valence electrons. The van der Waals surface area contributed by atoms with E-state index in [0.717, 1.165) is 9.99 Å². The topological polar surface area (TPSA) is 76.2 Å². The third-order valence-electron chi connectivity index (χ3n) is 3.79. The molecular weight excluding hydrogens is 457 g/mol. The molecule has 0 unspecified atom stereocenters. The van der Waals surface area contributed by atoms with Gasteiger partial charge in [0, 0.05) is 27.5 Å². The summed E-state index contributed by atoms with van der Waals surface area (Å²) in [4.78, 5) is 12.0. The van der Waals surface area contributed by atoms with Gasteiger partial charge in [-0.1, -0.05) is 39.1 Å². The molecule has 0 aliphatic carbocycles. The van der Waals surface area contributed by atoms with E-state index in [1.807, 2.05) is 25.1 Å². The smallest absolute Gasteiger partial charge is 0.302 e. The van der Waals surface area contributed by atoms with Crippen molar-refractivity contribution in [1.82, 2.24) is 4.57 Å². The van der Waals surface area contributed by atoms with Gasteiger partial charge in [0.15, 0.2) is 12.3 Å². The normalized spacial score (nSPS) is 11.4. The Morgan fingerprint density at radius 3 is 2.78 bits per heavy atom. The zero-order valence-corrected chi connectivity index (χ0v) is 17.2. The maximum absolute atomic E-state index is 12.0. The predicted octanol–water partition coefficient (Wildman–Crippen LogP) is 6.13. The van der Waals surface area contributed by atoms with Crippen molar-refractivity contribution in [2.45, 2.75) is 13.5 Å². The van der Waals surface area contributed by atoms with E-state index < -0.39 is 5.91 Å². The molecule has 0 radical (unpaired) electrons. The first kappa shape index (κ1) is 19.7. The predicted molar refractivity (Wildman–Crippen MR) is 108 cm³/mol. The summed E-state index contributed by atoms with van der Waals surface area (Å²) in [6, 6.07) is 10.2. The maximum atomic E-state index is 12.0. The van der Waals surface area contributed by atoms with Crippen LogP contribution in [0.25, 0.3) is 10.9 Å². The number of carbonyl (C=O) groups excluding carboxylic acids is 1. The lowest BCUT2D eigenvalue weighted by Gasteiger charge is -2.05. The van der Waals surface area contributed by atoms with Crippen LogP contribution in [0.2, 0.25) is 10.0 Å². The minimum Gasteiger partial charge on any atom is -0.493 e. The van der Waals surface area contributed by atoms with E-state index in [-0.39, 0.29) is 23.9 Å². The molecule has 3 aromatic rings. The summed E-state index contributed by atoms with van der Waals surface area (Å²) in [5.41, 5.74) is 1.02. The van der Waals surface area contributed by atoms with E-state index in [9.17, 15) is 9.90 Å². The number of amides is 1. The van der Waals surface area contributed by atoms with E-state index in [1.54, 1.807) is 16.7 Å². The van der Waals surface area contributed by atoms with Crippen molar-refractivity contribution >= 4 is 61.6 Å². The van der Waals surface area contributed by atoms with Crippen LogP contribution in [0.4, 0.5) is 5.69 Å². The number of benzene rings is 2. The number of aromatic hydroxyl groups is 1. The number of hydrogen-bond donors (Lipinski definition) is 1. The van der Waals surface area contributed by atoms with Crippen LogP contribution in [0, 0.1) is 0 Å². The Morgan fingerprint density at radius 2 is 2.04 bits per heavy atom. The van der Waals surface area contributed by atoms with Gasteiger partial charge in [-0.3, -0.25) is 4.79 Å². The quantitative estimate of drug-likeness (QED) is 0.456. The highest BCUT2D eigenvalue weighted by Crippen LogP contribution is 2.40. The third kappa shape index (κ3) is 4.26. The zero-order chi connectivity index (χ0) is 19.6. The molecule has 1 amide bonds. The number of azo groups is 1. The summed E-state index contributed by atoms with van der Waals surface area (Å²) in [5.74, 6) is -0.402. The van der Waals surface area contributed by atoms with Crippen LogP contribution >= 0.6 is 39.1 Å². The largest absolute Gasteiger partial charge is 0.493 e. The van der Waals surface area contributed by atoms with Gasteiger partial charge >= 0.3 is 5.91 Å². The highest BCUT2D eigenvalue weighted by molar-refractivity contribution is 9.10. The highest BCUT2D eigenvalue weighted by atomic mass is 79.9. The first-order chi connectivity index (χ1) is 12.9. The van der Waals surface area contributed by atoms with Gasteiger partial charge in [-0.25, -0.2) is 0 Å². The zero-order valence-electron chi connectivity index (χ0n) is 14.1. The van der Waals surface area contributed by atoms with Crippen molar-refractivity contribution in [2.75, 3.05) is 6.61 Å². The fraction of sp³-hybridized carbons (Fsp3) is 0.167. The molecule has 27 heavy (non-hydrogen) atoms. The van der Waals surface area contributed by atoms with Gasteiger partial charge in [0.1, 0.15) is 5.75 Å². The average Bonchev–Trinajstić information content (AvgIpc) is 2.90. The molecule has 1 aromatic heterocycles. The number of nitrogens with zero attached hydrogens (tertiary/aromatic N) is 3. The van der Waals surface area contributed by atoms with Crippen LogP contribution < -0.4 is 4.74 Å². The minimum absolute atomic E-state index is 0.0547. The first-order valence-electron chi connectivity index (χ1n) is 7.93. The standard InChI is InChI=1S/C18H14BrCl2N3O3/c1-2-24-14-6-3-10(19)7-12(14)17(18(24)26)23-22-16(25)9-27-15-8-11(20)4-5-13(15)21/h3-8,26H,2,9H2,1H3. The molecule has 1 heterocycles.